The smallest absolute Gasteiger partial charge is 0.225 e. The van der Waals surface area contributed by atoms with Crippen molar-refractivity contribution in [1.29, 1.82) is 0 Å². The molecule has 1 aliphatic rings. The Morgan fingerprint density at radius 1 is 1.33 bits per heavy atom. The standard InChI is InChI=1S/C19H28N2O3/c1-3-4-7-11-20-19(23)16-13-18(22)21(14-16)12-10-15-8-5-6-9-17(15)24-2/h5-6,8-9,16H,3-4,7,10-14H2,1-2H3,(H,20,23). The summed E-state index contributed by atoms with van der Waals surface area (Å²) in [7, 11) is 1.65. The van der Waals surface area contributed by atoms with E-state index in [-0.39, 0.29) is 17.7 Å². The fraction of sp³-hybridized carbons (Fsp3) is 0.579. The van der Waals surface area contributed by atoms with E-state index in [2.05, 4.69) is 12.2 Å². The van der Waals surface area contributed by atoms with Crippen LogP contribution in [0.15, 0.2) is 24.3 Å². The quantitative estimate of drug-likeness (QED) is 0.707. The lowest BCUT2D eigenvalue weighted by Gasteiger charge is -2.17. The first-order valence-electron chi connectivity index (χ1n) is 8.83. The second-order valence-corrected chi connectivity index (χ2v) is 6.30. The fourth-order valence-electron chi connectivity index (χ4n) is 3.06. The number of unbranched alkanes of at least 4 members (excludes halogenated alkanes) is 2. The normalized spacial score (nSPS) is 17.2. The van der Waals surface area contributed by atoms with Crippen molar-refractivity contribution in [2.75, 3.05) is 26.7 Å². The number of likely N-dealkylation sites (tertiary alicyclic amines) is 1. The third-order valence-corrected chi connectivity index (χ3v) is 4.51. The van der Waals surface area contributed by atoms with Gasteiger partial charge in [-0.15, -0.1) is 0 Å². The second kappa shape index (κ2) is 9.30. The Labute approximate surface area is 144 Å². The SMILES string of the molecule is CCCCCNC(=O)C1CC(=O)N(CCc2ccccc2OC)C1. The van der Waals surface area contributed by atoms with Crippen LogP contribution in [0.5, 0.6) is 5.75 Å². The summed E-state index contributed by atoms with van der Waals surface area (Å²) in [6.07, 6.45) is 4.32. The molecular weight excluding hydrogens is 304 g/mol. The molecule has 1 fully saturated rings. The van der Waals surface area contributed by atoms with Crippen molar-refractivity contribution in [3.05, 3.63) is 29.8 Å². The lowest BCUT2D eigenvalue weighted by Crippen LogP contribution is -2.34. The molecule has 132 valence electrons. The van der Waals surface area contributed by atoms with Gasteiger partial charge < -0.3 is 15.0 Å². The van der Waals surface area contributed by atoms with Gasteiger partial charge in [-0.1, -0.05) is 38.0 Å². The van der Waals surface area contributed by atoms with E-state index in [0.717, 1.165) is 37.0 Å². The summed E-state index contributed by atoms with van der Waals surface area (Å²) < 4.78 is 5.34. The van der Waals surface area contributed by atoms with Crippen LogP contribution in [0.4, 0.5) is 0 Å². The zero-order valence-electron chi connectivity index (χ0n) is 14.7. The van der Waals surface area contributed by atoms with Crippen molar-refractivity contribution in [2.45, 2.75) is 39.0 Å². The highest BCUT2D eigenvalue weighted by molar-refractivity contribution is 5.89. The van der Waals surface area contributed by atoms with Crippen LogP contribution in [0.25, 0.3) is 0 Å². The second-order valence-electron chi connectivity index (χ2n) is 6.30. The van der Waals surface area contributed by atoms with Crippen molar-refractivity contribution >= 4 is 11.8 Å². The Morgan fingerprint density at radius 3 is 2.88 bits per heavy atom. The van der Waals surface area contributed by atoms with Gasteiger partial charge in [0.25, 0.3) is 0 Å². The molecule has 1 N–H and O–H groups in total. The van der Waals surface area contributed by atoms with Gasteiger partial charge in [0.1, 0.15) is 5.75 Å². The number of hydrogen-bond acceptors (Lipinski definition) is 3. The number of ether oxygens (including phenoxy) is 1. The molecule has 1 saturated heterocycles. The zero-order valence-corrected chi connectivity index (χ0v) is 14.7. The summed E-state index contributed by atoms with van der Waals surface area (Å²) in [5.74, 6) is 0.712. The fourth-order valence-corrected chi connectivity index (χ4v) is 3.06. The summed E-state index contributed by atoms with van der Waals surface area (Å²) in [5, 5.41) is 2.95. The van der Waals surface area contributed by atoms with Crippen LogP contribution in [-0.4, -0.2) is 43.5 Å². The average Bonchev–Trinajstić information content (AvgIpc) is 2.98. The average molecular weight is 332 g/mol. The number of nitrogens with one attached hydrogen (secondary N) is 1. The minimum Gasteiger partial charge on any atom is -0.496 e. The van der Waals surface area contributed by atoms with E-state index in [0.29, 0.717) is 26.1 Å². The van der Waals surface area contributed by atoms with E-state index < -0.39 is 0 Å². The highest BCUT2D eigenvalue weighted by atomic mass is 16.5. The first kappa shape index (κ1) is 18.3. The number of hydrogen-bond donors (Lipinski definition) is 1. The lowest BCUT2D eigenvalue weighted by atomic mass is 10.1. The maximum atomic E-state index is 12.2. The molecule has 1 aromatic rings. The molecule has 1 unspecified atom stereocenters. The molecule has 0 spiro atoms. The van der Waals surface area contributed by atoms with Gasteiger partial charge in [-0.25, -0.2) is 0 Å². The summed E-state index contributed by atoms with van der Waals surface area (Å²) >= 11 is 0. The molecule has 5 nitrogen and oxygen atoms in total. The number of methoxy groups -OCH3 is 1. The van der Waals surface area contributed by atoms with E-state index in [4.69, 9.17) is 4.74 Å². The van der Waals surface area contributed by atoms with Crippen molar-refractivity contribution in [3.63, 3.8) is 0 Å². The van der Waals surface area contributed by atoms with Gasteiger partial charge in [0, 0.05) is 26.1 Å². The van der Waals surface area contributed by atoms with Gasteiger partial charge in [-0.2, -0.15) is 0 Å². The number of rotatable bonds is 9. The molecule has 1 atom stereocenters. The molecule has 1 aliphatic heterocycles. The minimum atomic E-state index is -0.211. The zero-order chi connectivity index (χ0) is 17.4. The van der Waals surface area contributed by atoms with E-state index in [9.17, 15) is 9.59 Å². The molecule has 0 saturated carbocycles. The lowest BCUT2D eigenvalue weighted by molar-refractivity contribution is -0.129. The van der Waals surface area contributed by atoms with Gasteiger partial charge >= 0.3 is 0 Å². The van der Waals surface area contributed by atoms with Gasteiger partial charge in [-0.05, 0) is 24.5 Å². The summed E-state index contributed by atoms with van der Waals surface area (Å²) in [6, 6.07) is 7.84. The third-order valence-electron chi connectivity index (χ3n) is 4.51. The summed E-state index contributed by atoms with van der Waals surface area (Å²) in [4.78, 5) is 26.1. The van der Waals surface area contributed by atoms with Gasteiger partial charge in [0.05, 0.1) is 13.0 Å². The van der Waals surface area contributed by atoms with Crippen molar-refractivity contribution in [3.8, 4) is 5.75 Å². The van der Waals surface area contributed by atoms with Crippen LogP contribution in [0.1, 0.15) is 38.2 Å². The van der Waals surface area contributed by atoms with Gasteiger partial charge in [-0.3, -0.25) is 9.59 Å². The first-order chi connectivity index (χ1) is 11.7. The van der Waals surface area contributed by atoms with Crippen LogP contribution >= 0.6 is 0 Å². The third kappa shape index (κ3) is 4.98. The maximum Gasteiger partial charge on any atom is 0.225 e. The molecule has 0 radical (unpaired) electrons. The highest BCUT2D eigenvalue weighted by Gasteiger charge is 2.33. The maximum absolute atomic E-state index is 12.2. The van der Waals surface area contributed by atoms with Crippen LogP contribution in [0, 0.1) is 5.92 Å². The van der Waals surface area contributed by atoms with E-state index >= 15 is 0 Å². The Morgan fingerprint density at radius 2 is 2.12 bits per heavy atom. The van der Waals surface area contributed by atoms with Crippen molar-refractivity contribution in [2.24, 2.45) is 5.92 Å². The number of carbonyl (C=O) groups excluding carboxylic acids is 2. The summed E-state index contributed by atoms with van der Waals surface area (Å²) in [5.41, 5.74) is 1.08. The largest absolute Gasteiger partial charge is 0.496 e. The van der Waals surface area contributed by atoms with Gasteiger partial charge in [0.15, 0.2) is 0 Å². The van der Waals surface area contributed by atoms with E-state index in [1.165, 1.54) is 0 Å². The monoisotopic (exact) mass is 332 g/mol. The molecule has 2 rings (SSSR count). The molecule has 24 heavy (non-hydrogen) atoms. The Hall–Kier alpha value is -2.04. The molecule has 0 aliphatic carbocycles. The minimum absolute atomic E-state index is 0.0132. The van der Waals surface area contributed by atoms with Crippen molar-refractivity contribution < 1.29 is 14.3 Å². The topological polar surface area (TPSA) is 58.6 Å². The van der Waals surface area contributed by atoms with Gasteiger partial charge in [0.2, 0.25) is 11.8 Å². The number of carbonyl (C=O) groups is 2. The summed E-state index contributed by atoms with van der Waals surface area (Å²) in [6.45, 7) is 3.99. The van der Waals surface area contributed by atoms with E-state index in [1.807, 2.05) is 24.3 Å². The van der Waals surface area contributed by atoms with Crippen LogP contribution in [0.2, 0.25) is 0 Å². The molecule has 0 aromatic heterocycles. The number of amides is 2. The first-order valence-corrected chi connectivity index (χ1v) is 8.83. The predicted octanol–water partition coefficient (Wildman–Crippen LogP) is 2.39. The molecule has 5 heteroatoms. The Balaban J connectivity index is 1.81. The van der Waals surface area contributed by atoms with Crippen LogP contribution in [-0.2, 0) is 16.0 Å². The number of para-hydroxylation sites is 1. The van der Waals surface area contributed by atoms with Crippen LogP contribution in [0.3, 0.4) is 0 Å². The Bertz CT molecular complexity index is 559. The van der Waals surface area contributed by atoms with Crippen molar-refractivity contribution in [1.82, 2.24) is 10.2 Å². The molecular formula is C19H28N2O3. The number of benzene rings is 1. The highest BCUT2D eigenvalue weighted by Crippen LogP contribution is 2.21. The molecule has 1 heterocycles. The van der Waals surface area contributed by atoms with Crippen LogP contribution < -0.4 is 10.1 Å². The van der Waals surface area contributed by atoms with E-state index in [1.54, 1.807) is 12.0 Å². The number of nitrogens with zero attached hydrogens (tertiary/aromatic N) is 1. The molecule has 2 amide bonds. The molecule has 1 aromatic carbocycles. The Kier molecular flexibility index (Phi) is 7.09. The predicted molar refractivity (Wildman–Crippen MR) is 93.9 cm³/mol. The molecule has 0 bridgehead atoms.